The summed E-state index contributed by atoms with van der Waals surface area (Å²) in [5, 5.41) is 6.26. The van der Waals surface area contributed by atoms with Crippen molar-refractivity contribution in [1.29, 1.82) is 0 Å². The molecular formula is C10H19N5. The molecule has 2 N–H and O–H groups in total. The molecule has 0 bridgehead atoms. The number of aryl methyl sites for hydroxylation is 1. The van der Waals surface area contributed by atoms with Crippen molar-refractivity contribution in [3.63, 3.8) is 0 Å². The third-order valence-corrected chi connectivity index (χ3v) is 1.96. The second kappa shape index (κ2) is 5.50. The Bertz CT molecular complexity index is 311. The Morgan fingerprint density at radius 1 is 1.27 bits per heavy atom. The lowest BCUT2D eigenvalue weighted by Crippen LogP contribution is -2.21. The third kappa shape index (κ3) is 4.12. The molecule has 0 spiro atoms. The fraction of sp³-hybridized carbons (Fsp3) is 0.600. The van der Waals surface area contributed by atoms with Gasteiger partial charge < -0.3 is 15.5 Å². The molecule has 0 aliphatic carbocycles. The van der Waals surface area contributed by atoms with Gasteiger partial charge in [-0.25, -0.2) is 9.97 Å². The maximum Gasteiger partial charge on any atom is 0.131 e. The van der Waals surface area contributed by atoms with Crippen molar-refractivity contribution in [3.05, 3.63) is 11.9 Å². The van der Waals surface area contributed by atoms with E-state index in [1.165, 1.54) is 0 Å². The molecule has 1 rings (SSSR count). The molecule has 84 valence electrons. The maximum atomic E-state index is 4.30. The highest BCUT2D eigenvalue weighted by Crippen LogP contribution is 2.09. The second-order valence-corrected chi connectivity index (χ2v) is 3.67. The SMILES string of the molecule is CNc1cc(NCCN(C)C)nc(C)n1. The van der Waals surface area contributed by atoms with Gasteiger partial charge in [0.05, 0.1) is 0 Å². The molecular weight excluding hydrogens is 190 g/mol. The van der Waals surface area contributed by atoms with Crippen molar-refractivity contribution in [3.8, 4) is 0 Å². The van der Waals surface area contributed by atoms with Crippen molar-refractivity contribution < 1.29 is 0 Å². The predicted octanol–water partition coefficient (Wildman–Crippen LogP) is 0.800. The molecule has 0 aromatic carbocycles. The summed E-state index contributed by atoms with van der Waals surface area (Å²) in [7, 11) is 5.95. The van der Waals surface area contributed by atoms with Crippen LogP contribution in [0, 0.1) is 6.92 Å². The highest BCUT2D eigenvalue weighted by molar-refractivity contribution is 5.46. The third-order valence-electron chi connectivity index (χ3n) is 1.96. The first-order valence-corrected chi connectivity index (χ1v) is 5.04. The van der Waals surface area contributed by atoms with Gasteiger partial charge in [0, 0.05) is 26.2 Å². The standard InChI is InChI=1S/C10H19N5/c1-8-13-9(11-2)7-10(14-8)12-5-6-15(3)4/h7H,5-6H2,1-4H3,(H2,11,12,13,14). The summed E-state index contributed by atoms with van der Waals surface area (Å²) in [5.41, 5.74) is 0. The quantitative estimate of drug-likeness (QED) is 0.751. The Balaban J connectivity index is 2.56. The zero-order valence-electron chi connectivity index (χ0n) is 9.83. The van der Waals surface area contributed by atoms with Crippen LogP contribution in [0.4, 0.5) is 11.6 Å². The van der Waals surface area contributed by atoms with Crippen LogP contribution in [-0.4, -0.2) is 49.1 Å². The minimum atomic E-state index is 0.772. The minimum Gasteiger partial charge on any atom is -0.373 e. The van der Waals surface area contributed by atoms with Crippen LogP contribution in [-0.2, 0) is 0 Å². The molecule has 5 heteroatoms. The normalized spacial score (nSPS) is 10.5. The van der Waals surface area contributed by atoms with E-state index in [-0.39, 0.29) is 0 Å². The van der Waals surface area contributed by atoms with Crippen molar-refractivity contribution in [1.82, 2.24) is 14.9 Å². The van der Waals surface area contributed by atoms with Crippen LogP contribution in [0.2, 0.25) is 0 Å². The van der Waals surface area contributed by atoms with E-state index in [2.05, 4.69) is 25.5 Å². The highest BCUT2D eigenvalue weighted by atomic mass is 15.1. The van der Waals surface area contributed by atoms with Crippen molar-refractivity contribution >= 4 is 11.6 Å². The Hall–Kier alpha value is -1.36. The molecule has 0 fully saturated rings. The second-order valence-electron chi connectivity index (χ2n) is 3.67. The molecule has 0 saturated carbocycles. The monoisotopic (exact) mass is 209 g/mol. The smallest absolute Gasteiger partial charge is 0.131 e. The average molecular weight is 209 g/mol. The van der Waals surface area contributed by atoms with Crippen LogP contribution >= 0.6 is 0 Å². The average Bonchev–Trinajstić information content (AvgIpc) is 2.16. The van der Waals surface area contributed by atoms with E-state index in [1.54, 1.807) is 0 Å². The number of anilines is 2. The molecule has 15 heavy (non-hydrogen) atoms. The number of aromatic nitrogens is 2. The fourth-order valence-corrected chi connectivity index (χ4v) is 1.19. The predicted molar refractivity (Wildman–Crippen MR) is 63.4 cm³/mol. The Morgan fingerprint density at radius 3 is 2.53 bits per heavy atom. The lowest BCUT2D eigenvalue weighted by atomic mass is 10.4. The summed E-state index contributed by atoms with van der Waals surface area (Å²) < 4.78 is 0. The molecule has 0 unspecified atom stereocenters. The van der Waals surface area contributed by atoms with E-state index in [1.807, 2.05) is 34.1 Å². The van der Waals surface area contributed by atoms with Gasteiger partial charge in [0.2, 0.25) is 0 Å². The summed E-state index contributed by atoms with van der Waals surface area (Å²) in [6.07, 6.45) is 0. The van der Waals surface area contributed by atoms with Gasteiger partial charge in [0.15, 0.2) is 0 Å². The fourth-order valence-electron chi connectivity index (χ4n) is 1.19. The zero-order chi connectivity index (χ0) is 11.3. The first-order chi connectivity index (χ1) is 7.11. The number of nitrogens with zero attached hydrogens (tertiary/aromatic N) is 3. The van der Waals surface area contributed by atoms with E-state index in [0.717, 1.165) is 30.5 Å². The Labute approximate surface area is 90.9 Å². The van der Waals surface area contributed by atoms with Crippen LogP contribution in [0.3, 0.4) is 0 Å². The van der Waals surface area contributed by atoms with E-state index in [9.17, 15) is 0 Å². The van der Waals surface area contributed by atoms with Gasteiger partial charge >= 0.3 is 0 Å². The number of rotatable bonds is 5. The Morgan fingerprint density at radius 2 is 1.93 bits per heavy atom. The minimum absolute atomic E-state index is 0.772. The van der Waals surface area contributed by atoms with Gasteiger partial charge in [0.25, 0.3) is 0 Å². The topological polar surface area (TPSA) is 53.1 Å². The summed E-state index contributed by atoms with van der Waals surface area (Å²) in [6.45, 7) is 3.75. The van der Waals surface area contributed by atoms with Gasteiger partial charge in [-0.2, -0.15) is 0 Å². The van der Waals surface area contributed by atoms with Crippen molar-refractivity contribution in [2.24, 2.45) is 0 Å². The van der Waals surface area contributed by atoms with Crippen LogP contribution < -0.4 is 10.6 Å². The summed E-state index contributed by atoms with van der Waals surface area (Å²) in [6, 6.07) is 1.91. The van der Waals surface area contributed by atoms with Gasteiger partial charge in [-0.15, -0.1) is 0 Å². The molecule has 0 saturated heterocycles. The van der Waals surface area contributed by atoms with Crippen molar-refractivity contribution in [2.75, 3.05) is 44.9 Å². The van der Waals surface area contributed by atoms with Crippen molar-refractivity contribution in [2.45, 2.75) is 6.92 Å². The number of nitrogens with one attached hydrogen (secondary N) is 2. The summed E-state index contributed by atoms with van der Waals surface area (Å²) in [4.78, 5) is 10.6. The van der Waals surface area contributed by atoms with Crippen LogP contribution in [0.5, 0.6) is 0 Å². The molecule has 0 radical (unpaired) electrons. The summed E-state index contributed by atoms with van der Waals surface area (Å²) in [5.74, 6) is 2.48. The van der Waals surface area contributed by atoms with Gasteiger partial charge in [-0.1, -0.05) is 0 Å². The zero-order valence-corrected chi connectivity index (χ0v) is 9.83. The Kier molecular flexibility index (Phi) is 4.30. The van der Waals surface area contributed by atoms with Crippen LogP contribution in [0.1, 0.15) is 5.82 Å². The molecule has 5 nitrogen and oxygen atoms in total. The van der Waals surface area contributed by atoms with E-state index in [0.29, 0.717) is 0 Å². The lowest BCUT2D eigenvalue weighted by Gasteiger charge is -2.11. The molecule has 0 aliphatic heterocycles. The van der Waals surface area contributed by atoms with Gasteiger partial charge in [-0.05, 0) is 21.0 Å². The molecule has 0 aliphatic rings. The van der Waals surface area contributed by atoms with E-state index < -0.39 is 0 Å². The van der Waals surface area contributed by atoms with E-state index in [4.69, 9.17) is 0 Å². The van der Waals surface area contributed by atoms with Crippen LogP contribution in [0.15, 0.2) is 6.07 Å². The molecule has 0 atom stereocenters. The van der Waals surface area contributed by atoms with Gasteiger partial charge in [0.1, 0.15) is 17.5 Å². The highest BCUT2D eigenvalue weighted by Gasteiger charge is 1.99. The first kappa shape index (κ1) is 11.7. The molecule has 0 amide bonds. The molecule has 1 heterocycles. The summed E-state index contributed by atoms with van der Waals surface area (Å²) >= 11 is 0. The van der Waals surface area contributed by atoms with Gasteiger partial charge in [-0.3, -0.25) is 0 Å². The first-order valence-electron chi connectivity index (χ1n) is 5.04. The largest absolute Gasteiger partial charge is 0.373 e. The number of likely N-dealkylation sites (N-methyl/N-ethyl adjacent to an activating group) is 1. The number of hydrogen-bond donors (Lipinski definition) is 2. The van der Waals surface area contributed by atoms with Crippen LogP contribution in [0.25, 0.3) is 0 Å². The molecule has 1 aromatic rings. The maximum absolute atomic E-state index is 4.30. The lowest BCUT2D eigenvalue weighted by molar-refractivity contribution is 0.425. The van der Waals surface area contributed by atoms with E-state index >= 15 is 0 Å². The number of hydrogen-bond acceptors (Lipinski definition) is 5. The molecule has 1 aromatic heterocycles.